The molecular formula is C13H18F3NO3S. The number of hydrogen-bond acceptors (Lipinski definition) is 3. The second-order valence-corrected chi connectivity index (χ2v) is 6.43. The molecule has 0 bridgehead atoms. The first-order valence-electron chi connectivity index (χ1n) is 6.48. The Bertz CT molecular complexity index is 558. The molecule has 120 valence electrons. The van der Waals surface area contributed by atoms with Gasteiger partial charge in [0.05, 0.1) is 10.5 Å². The number of nitrogens with one attached hydrogen (secondary N) is 1. The van der Waals surface area contributed by atoms with Gasteiger partial charge in [0.1, 0.15) is 0 Å². The van der Waals surface area contributed by atoms with Gasteiger partial charge in [0.25, 0.3) is 0 Å². The van der Waals surface area contributed by atoms with Gasteiger partial charge < -0.3 is 5.11 Å². The lowest BCUT2D eigenvalue weighted by molar-refractivity contribution is -0.137. The molecule has 0 unspecified atom stereocenters. The Labute approximate surface area is 122 Å². The van der Waals surface area contributed by atoms with Gasteiger partial charge in [0.15, 0.2) is 0 Å². The average molecular weight is 325 g/mol. The second-order valence-electron chi connectivity index (χ2n) is 4.66. The lowest BCUT2D eigenvalue weighted by atomic mass is 10.0. The highest BCUT2D eigenvalue weighted by Gasteiger charge is 2.31. The second kappa shape index (κ2) is 7.24. The average Bonchev–Trinajstić information content (AvgIpc) is 2.42. The first-order valence-corrected chi connectivity index (χ1v) is 7.96. The quantitative estimate of drug-likeness (QED) is 0.809. The highest BCUT2D eigenvalue weighted by atomic mass is 32.2. The molecule has 0 saturated carbocycles. The van der Waals surface area contributed by atoms with Gasteiger partial charge in [0, 0.05) is 13.2 Å². The van der Waals surface area contributed by atoms with Crippen molar-refractivity contribution in [1.82, 2.24) is 4.72 Å². The van der Waals surface area contributed by atoms with Gasteiger partial charge in [-0.15, -0.1) is 0 Å². The molecule has 0 spiro atoms. The Morgan fingerprint density at radius 2 is 2.00 bits per heavy atom. The molecule has 0 radical (unpaired) electrons. The normalized spacial score (nSPS) is 14.1. The van der Waals surface area contributed by atoms with Crippen molar-refractivity contribution in [3.05, 3.63) is 29.8 Å². The standard InChI is InChI=1S/C13H18F3NO3S/c1-2-10(6-7-18)9-17-21(19,20)12-5-3-4-11(8-12)13(14,15)16/h3-5,8,10,17-18H,2,6-7,9H2,1H3/t10-/m1/s1. The molecule has 1 aromatic rings. The number of sulfonamides is 1. The fourth-order valence-electron chi connectivity index (χ4n) is 1.78. The van der Waals surface area contributed by atoms with Crippen molar-refractivity contribution < 1.29 is 26.7 Å². The van der Waals surface area contributed by atoms with Gasteiger partial charge in [-0.2, -0.15) is 13.2 Å². The SMILES string of the molecule is CC[C@H](CCO)CNS(=O)(=O)c1cccc(C(F)(F)F)c1. The minimum absolute atomic E-state index is 0.0597. The van der Waals surface area contributed by atoms with Crippen molar-refractivity contribution in [2.24, 2.45) is 5.92 Å². The molecule has 1 rings (SSSR count). The molecule has 0 aliphatic rings. The van der Waals surface area contributed by atoms with Crippen molar-refractivity contribution >= 4 is 10.0 Å². The van der Waals surface area contributed by atoms with Crippen molar-refractivity contribution in [3.8, 4) is 0 Å². The largest absolute Gasteiger partial charge is 0.416 e. The lowest BCUT2D eigenvalue weighted by Crippen LogP contribution is -2.29. The third-order valence-electron chi connectivity index (χ3n) is 3.15. The Balaban J connectivity index is 2.88. The van der Waals surface area contributed by atoms with E-state index in [1.807, 2.05) is 6.92 Å². The zero-order chi connectivity index (χ0) is 16.1. The highest BCUT2D eigenvalue weighted by molar-refractivity contribution is 7.89. The summed E-state index contributed by atoms with van der Waals surface area (Å²) < 4.78 is 64.0. The van der Waals surface area contributed by atoms with Crippen LogP contribution in [-0.2, 0) is 16.2 Å². The van der Waals surface area contributed by atoms with Crippen LogP contribution < -0.4 is 4.72 Å². The van der Waals surface area contributed by atoms with Crippen LogP contribution in [0.2, 0.25) is 0 Å². The van der Waals surface area contributed by atoms with Gasteiger partial charge in [-0.1, -0.05) is 19.4 Å². The van der Waals surface area contributed by atoms with Crippen LogP contribution in [0.1, 0.15) is 25.3 Å². The Morgan fingerprint density at radius 3 is 2.52 bits per heavy atom. The molecule has 8 heteroatoms. The number of benzene rings is 1. The van der Waals surface area contributed by atoms with E-state index in [-0.39, 0.29) is 19.1 Å². The number of aliphatic hydroxyl groups excluding tert-OH is 1. The molecule has 4 nitrogen and oxygen atoms in total. The van der Waals surface area contributed by atoms with Crippen molar-refractivity contribution in [2.45, 2.75) is 30.8 Å². The first kappa shape index (κ1) is 17.9. The predicted molar refractivity (Wildman–Crippen MR) is 72.1 cm³/mol. The summed E-state index contributed by atoms with van der Waals surface area (Å²) >= 11 is 0. The van der Waals surface area contributed by atoms with Gasteiger partial charge in [-0.05, 0) is 30.5 Å². The first-order chi connectivity index (χ1) is 9.70. The molecule has 21 heavy (non-hydrogen) atoms. The fraction of sp³-hybridized carbons (Fsp3) is 0.538. The summed E-state index contributed by atoms with van der Waals surface area (Å²) in [7, 11) is -4.00. The monoisotopic (exact) mass is 325 g/mol. The molecule has 0 saturated heterocycles. The third kappa shape index (κ3) is 5.29. The molecule has 1 atom stereocenters. The topological polar surface area (TPSA) is 66.4 Å². The van der Waals surface area contributed by atoms with Crippen LogP contribution >= 0.6 is 0 Å². The van der Waals surface area contributed by atoms with E-state index in [9.17, 15) is 21.6 Å². The Morgan fingerprint density at radius 1 is 1.33 bits per heavy atom. The molecule has 0 aromatic heterocycles. The number of halogens is 3. The van der Waals surface area contributed by atoms with Crippen LogP contribution in [0.5, 0.6) is 0 Å². The minimum atomic E-state index is -4.59. The molecule has 1 aromatic carbocycles. The Hall–Kier alpha value is -1.12. The molecule has 0 fully saturated rings. The smallest absolute Gasteiger partial charge is 0.396 e. The molecular weight excluding hydrogens is 307 g/mol. The van der Waals surface area contributed by atoms with Gasteiger partial charge >= 0.3 is 6.18 Å². The zero-order valence-electron chi connectivity index (χ0n) is 11.5. The van der Waals surface area contributed by atoms with Gasteiger partial charge in [-0.3, -0.25) is 0 Å². The van der Waals surface area contributed by atoms with Crippen molar-refractivity contribution in [3.63, 3.8) is 0 Å². The van der Waals surface area contributed by atoms with Crippen LogP contribution in [0.15, 0.2) is 29.2 Å². The van der Waals surface area contributed by atoms with Crippen LogP contribution in [0.3, 0.4) is 0 Å². The van der Waals surface area contributed by atoms with E-state index in [1.165, 1.54) is 0 Å². The predicted octanol–water partition coefficient (Wildman–Crippen LogP) is 2.39. The van der Waals surface area contributed by atoms with Crippen LogP contribution in [0.4, 0.5) is 13.2 Å². The number of alkyl halides is 3. The molecule has 2 N–H and O–H groups in total. The summed E-state index contributed by atoms with van der Waals surface area (Å²) in [6, 6.07) is 3.60. The van der Waals surface area contributed by atoms with Gasteiger partial charge in [-0.25, -0.2) is 13.1 Å². The maximum atomic E-state index is 12.6. The van der Waals surface area contributed by atoms with E-state index in [4.69, 9.17) is 5.11 Å². The molecule has 0 amide bonds. The van der Waals surface area contributed by atoms with E-state index in [0.717, 1.165) is 18.2 Å². The van der Waals surface area contributed by atoms with E-state index in [1.54, 1.807) is 0 Å². The summed E-state index contributed by atoms with van der Waals surface area (Å²) in [4.78, 5) is -0.420. The Kier molecular flexibility index (Phi) is 6.18. The van der Waals surface area contributed by atoms with Crippen LogP contribution in [0.25, 0.3) is 0 Å². The van der Waals surface area contributed by atoms with Crippen LogP contribution in [-0.4, -0.2) is 26.7 Å². The molecule has 0 aliphatic heterocycles. The van der Waals surface area contributed by atoms with E-state index in [2.05, 4.69) is 4.72 Å². The summed E-state index contributed by atoms with van der Waals surface area (Å²) in [6.07, 6.45) is -3.50. The number of hydrogen-bond donors (Lipinski definition) is 2. The molecule has 0 aliphatic carbocycles. The third-order valence-corrected chi connectivity index (χ3v) is 4.57. The lowest BCUT2D eigenvalue weighted by Gasteiger charge is -2.15. The van der Waals surface area contributed by atoms with Gasteiger partial charge in [0.2, 0.25) is 10.0 Å². The summed E-state index contributed by atoms with van der Waals surface area (Å²) in [6.45, 7) is 1.86. The van der Waals surface area contributed by atoms with E-state index >= 15 is 0 Å². The highest BCUT2D eigenvalue weighted by Crippen LogP contribution is 2.30. The maximum Gasteiger partial charge on any atom is 0.416 e. The minimum Gasteiger partial charge on any atom is -0.396 e. The summed E-state index contributed by atoms with van der Waals surface area (Å²) in [5.41, 5.74) is -1.01. The number of aliphatic hydroxyl groups is 1. The van der Waals surface area contributed by atoms with E-state index in [0.29, 0.717) is 18.9 Å². The maximum absolute atomic E-state index is 12.6. The van der Waals surface area contributed by atoms with Crippen molar-refractivity contribution in [2.75, 3.05) is 13.2 Å². The summed E-state index contributed by atoms with van der Waals surface area (Å²) in [5.74, 6) is -0.0597. The van der Waals surface area contributed by atoms with E-state index < -0.39 is 26.7 Å². The zero-order valence-corrected chi connectivity index (χ0v) is 12.3. The summed E-state index contributed by atoms with van der Waals surface area (Å²) in [5, 5.41) is 8.84. The molecule has 0 heterocycles. The number of rotatable bonds is 7. The van der Waals surface area contributed by atoms with Crippen molar-refractivity contribution in [1.29, 1.82) is 0 Å². The fourth-order valence-corrected chi connectivity index (χ4v) is 2.95. The van der Waals surface area contributed by atoms with Crippen LogP contribution in [0, 0.1) is 5.92 Å².